The van der Waals surface area contributed by atoms with Crippen molar-refractivity contribution < 1.29 is 9.90 Å². The molecular formula is C9H11N5O2. The van der Waals surface area contributed by atoms with Crippen LogP contribution in [0.1, 0.15) is 11.5 Å². The summed E-state index contributed by atoms with van der Waals surface area (Å²) in [6.07, 6.45) is 5.04. The molecular weight excluding hydrogens is 210 g/mol. The maximum Gasteiger partial charge on any atom is 0.309 e. The molecule has 0 saturated carbocycles. The second kappa shape index (κ2) is 4.13. The molecule has 0 saturated heterocycles. The Morgan fingerprint density at radius 3 is 3.00 bits per heavy atom. The van der Waals surface area contributed by atoms with Crippen molar-refractivity contribution in [2.75, 3.05) is 0 Å². The minimum Gasteiger partial charge on any atom is -0.481 e. The molecule has 7 nitrogen and oxygen atoms in total. The number of carboxylic acids is 1. The predicted molar refractivity (Wildman–Crippen MR) is 53.7 cm³/mol. The van der Waals surface area contributed by atoms with Crippen LogP contribution in [-0.4, -0.2) is 35.6 Å². The number of carbonyl (C=O) groups is 1. The summed E-state index contributed by atoms with van der Waals surface area (Å²) in [7, 11) is 1.89. The Bertz CT molecular complexity index is 501. The Labute approximate surface area is 91.3 Å². The average Bonchev–Trinajstić information content (AvgIpc) is 2.77. The van der Waals surface area contributed by atoms with Crippen LogP contribution in [0.4, 0.5) is 0 Å². The zero-order valence-corrected chi connectivity index (χ0v) is 8.74. The largest absolute Gasteiger partial charge is 0.481 e. The maximum absolute atomic E-state index is 10.5. The van der Waals surface area contributed by atoms with Crippen molar-refractivity contribution in [1.29, 1.82) is 0 Å². The van der Waals surface area contributed by atoms with E-state index in [0.29, 0.717) is 12.2 Å². The summed E-state index contributed by atoms with van der Waals surface area (Å²) in [6, 6.07) is 0. The van der Waals surface area contributed by atoms with E-state index in [2.05, 4.69) is 15.3 Å². The van der Waals surface area contributed by atoms with Crippen LogP contribution in [0.5, 0.6) is 0 Å². The summed E-state index contributed by atoms with van der Waals surface area (Å²) < 4.78 is 3.44. The predicted octanol–water partition coefficient (Wildman–Crippen LogP) is -0.313. The fourth-order valence-corrected chi connectivity index (χ4v) is 1.35. The molecule has 2 heterocycles. The molecule has 16 heavy (non-hydrogen) atoms. The molecule has 0 amide bonds. The van der Waals surface area contributed by atoms with Crippen LogP contribution in [0.15, 0.2) is 18.6 Å². The normalized spacial score (nSPS) is 10.6. The highest BCUT2D eigenvalue weighted by Crippen LogP contribution is 2.00. The number of aromatic nitrogens is 5. The van der Waals surface area contributed by atoms with E-state index in [9.17, 15) is 4.79 Å². The van der Waals surface area contributed by atoms with E-state index in [4.69, 9.17) is 5.11 Å². The van der Waals surface area contributed by atoms with Gasteiger partial charge >= 0.3 is 5.97 Å². The van der Waals surface area contributed by atoms with E-state index < -0.39 is 5.97 Å². The van der Waals surface area contributed by atoms with E-state index in [0.717, 1.165) is 5.82 Å². The number of imidazole rings is 1. The molecule has 0 aromatic carbocycles. The monoisotopic (exact) mass is 221 g/mol. The van der Waals surface area contributed by atoms with Crippen molar-refractivity contribution >= 4 is 5.97 Å². The highest BCUT2D eigenvalue weighted by atomic mass is 16.4. The van der Waals surface area contributed by atoms with Gasteiger partial charge in [0.15, 0.2) is 0 Å². The highest BCUT2D eigenvalue weighted by Gasteiger charge is 2.07. The Kier molecular flexibility index (Phi) is 2.67. The van der Waals surface area contributed by atoms with E-state index in [1.54, 1.807) is 17.1 Å². The Morgan fingerprint density at radius 1 is 1.56 bits per heavy atom. The molecule has 0 unspecified atom stereocenters. The van der Waals surface area contributed by atoms with E-state index in [-0.39, 0.29) is 6.42 Å². The molecule has 2 aromatic heterocycles. The summed E-state index contributed by atoms with van der Waals surface area (Å²) in [5, 5.41) is 16.2. The number of aryl methyl sites for hydroxylation is 1. The first-order valence-corrected chi connectivity index (χ1v) is 4.72. The van der Waals surface area contributed by atoms with Gasteiger partial charge in [-0.1, -0.05) is 5.21 Å². The standard InChI is InChI=1S/C9H11N5O2/c1-13-3-2-10-8(13)6-14-5-7(11-12-14)4-9(15)16/h2-3,5H,4,6H2,1H3,(H,15,16). The summed E-state index contributed by atoms with van der Waals surface area (Å²) in [5.74, 6) is -0.0733. The fraction of sp³-hybridized carbons (Fsp3) is 0.333. The average molecular weight is 221 g/mol. The molecule has 1 N–H and O–H groups in total. The van der Waals surface area contributed by atoms with Crippen LogP contribution < -0.4 is 0 Å². The van der Waals surface area contributed by atoms with Crippen LogP contribution in [-0.2, 0) is 24.8 Å². The SMILES string of the molecule is Cn1ccnc1Cn1cc(CC(=O)O)nn1. The third-order valence-electron chi connectivity index (χ3n) is 2.14. The number of carboxylic acid groups (broad SMARTS) is 1. The maximum atomic E-state index is 10.5. The van der Waals surface area contributed by atoms with E-state index in [1.807, 2.05) is 17.8 Å². The summed E-state index contributed by atoms with van der Waals surface area (Å²) in [5.41, 5.74) is 0.446. The topological polar surface area (TPSA) is 85.8 Å². The van der Waals surface area contributed by atoms with Gasteiger partial charge in [0.05, 0.1) is 12.1 Å². The molecule has 0 aliphatic carbocycles. The van der Waals surface area contributed by atoms with Crippen molar-refractivity contribution in [1.82, 2.24) is 24.5 Å². The van der Waals surface area contributed by atoms with Gasteiger partial charge in [-0.2, -0.15) is 0 Å². The minimum atomic E-state index is -0.913. The van der Waals surface area contributed by atoms with Crippen molar-refractivity contribution in [3.8, 4) is 0 Å². The Hall–Kier alpha value is -2.18. The van der Waals surface area contributed by atoms with E-state index >= 15 is 0 Å². The van der Waals surface area contributed by atoms with Crippen LogP contribution in [0.25, 0.3) is 0 Å². The molecule has 0 atom stereocenters. The first kappa shape index (κ1) is 10.3. The van der Waals surface area contributed by atoms with Crippen LogP contribution >= 0.6 is 0 Å². The first-order valence-electron chi connectivity index (χ1n) is 4.72. The summed E-state index contributed by atoms with van der Waals surface area (Å²) in [6.45, 7) is 0.482. The number of hydrogen-bond donors (Lipinski definition) is 1. The quantitative estimate of drug-likeness (QED) is 0.765. The van der Waals surface area contributed by atoms with Gasteiger partial charge in [-0.3, -0.25) is 4.79 Å². The second-order valence-electron chi connectivity index (χ2n) is 3.43. The summed E-state index contributed by atoms with van der Waals surface area (Å²) >= 11 is 0. The fourth-order valence-electron chi connectivity index (χ4n) is 1.35. The molecule has 2 aromatic rings. The van der Waals surface area contributed by atoms with Crippen LogP contribution in [0.2, 0.25) is 0 Å². The van der Waals surface area contributed by atoms with E-state index in [1.165, 1.54) is 0 Å². The van der Waals surface area contributed by atoms with Gasteiger partial charge in [-0.15, -0.1) is 5.10 Å². The summed E-state index contributed by atoms with van der Waals surface area (Å²) in [4.78, 5) is 14.6. The lowest BCUT2D eigenvalue weighted by atomic mass is 10.3. The Balaban J connectivity index is 2.08. The van der Waals surface area contributed by atoms with Gasteiger partial charge in [0, 0.05) is 25.6 Å². The molecule has 0 bridgehead atoms. The second-order valence-corrected chi connectivity index (χ2v) is 3.43. The van der Waals surface area contributed by atoms with Crippen molar-refractivity contribution in [2.24, 2.45) is 7.05 Å². The van der Waals surface area contributed by atoms with Gasteiger partial charge in [0.25, 0.3) is 0 Å². The van der Waals surface area contributed by atoms with Crippen LogP contribution in [0.3, 0.4) is 0 Å². The molecule has 7 heteroatoms. The third kappa shape index (κ3) is 2.25. The van der Waals surface area contributed by atoms with Crippen molar-refractivity contribution in [3.05, 3.63) is 30.1 Å². The molecule has 0 aliphatic rings. The minimum absolute atomic E-state index is 0.111. The highest BCUT2D eigenvalue weighted by molar-refractivity contribution is 5.69. The molecule has 84 valence electrons. The molecule has 0 aliphatic heterocycles. The van der Waals surface area contributed by atoms with Crippen molar-refractivity contribution in [3.63, 3.8) is 0 Å². The zero-order valence-electron chi connectivity index (χ0n) is 8.74. The lowest BCUT2D eigenvalue weighted by Gasteiger charge is -1.99. The van der Waals surface area contributed by atoms with Gasteiger partial charge < -0.3 is 9.67 Å². The molecule has 0 radical (unpaired) electrons. The lowest BCUT2D eigenvalue weighted by Crippen LogP contribution is -2.06. The first-order chi connectivity index (χ1) is 7.65. The molecule has 2 rings (SSSR count). The lowest BCUT2D eigenvalue weighted by molar-refractivity contribution is -0.136. The van der Waals surface area contributed by atoms with Crippen LogP contribution in [0, 0.1) is 0 Å². The smallest absolute Gasteiger partial charge is 0.309 e. The number of aliphatic carboxylic acids is 1. The van der Waals surface area contributed by atoms with Crippen molar-refractivity contribution in [2.45, 2.75) is 13.0 Å². The zero-order chi connectivity index (χ0) is 11.5. The number of nitrogens with zero attached hydrogens (tertiary/aromatic N) is 5. The molecule has 0 fully saturated rings. The Morgan fingerprint density at radius 2 is 2.38 bits per heavy atom. The van der Waals surface area contributed by atoms with Gasteiger partial charge in [0.1, 0.15) is 12.4 Å². The van der Waals surface area contributed by atoms with Gasteiger partial charge in [-0.05, 0) is 0 Å². The van der Waals surface area contributed by atoms with Gasteiger partial charge in [0.2, 0.25) is 0 Å². The third-order valence-corrected chi connectivity index (χ3v) is 2.14. The van der Waals surface area contributed by atoms with Gasteiger partial charge in [-0.25, -0.2) is 9.67 Å². The molecule has 0 spiro atoms. The number of hydrogen-bond acceptors (Lipinski definition) is 4. The number of rotatable bonds is 4.